The second-order valence-corrected chi connectivity index (χ2v) is 5.15. The van der Waals surface area contributed by atoms with Gasteiger partial charge in [-0.25, -0.2) is 0 Å². The lowest BCUT2D eigenvalue weighted by atomic mass is 10.1. The Labute approximate surface area is 103 Å². The molecule has 0 bridgehead atoms. The van der Waals surface area contributed by atoms with E-state index in [1.165, 1.54) is 0 Å². The molecular formula is C14H21NO2. The van der Waals surface area contributed by atoms with Crippen molar-refractivity contribution in [3.63, 3.8) is 0 Å². The molecule has 3 nitrogen and oxygen atoms in total. The molecule has 2 N–H and O–H groups in total. The van der Waals surface area contributed by atoms with E-state index in [9.17, 15) is 4.79 Å². The molecule has 0 spiro atoms. The first-order valence-electron chi connectivity index (χ1n) is 5.91. The lowest BCUT2D eigenvalue weighted by Crippen LogP contribution is -2.24. The average Bonchev–Trinajstić information content (AvgIpc) is 2.14. The normalized spacial score (nSPS) is 11.3. The van der Waals surface area contributed by atoms with E-state index in [4.69, 9.17) is 10.5 Å². The van der Waals surface area contributed by atoms with Crippen LogP contribution in [0.1, 0.15) is 38.8 Å². The van der Waals surface area contributed by atoms with Gasteiger partial charge in [-0.15, -0.1) is 0 Å². The van der Waals surface area contributed by atoms with E-state index in [2.05, 4.69) is 6.92 Å². The Morgan fingerprint density at radius 3 is 2.47 bits per heavy atom. The fourth-order valence-corrected chi connectivity index (χ4v) is 1.62. The summed E-state index contributed by atoms with van der Waals surface area (Å²) in [6.45, 7) is 7.64. The summed E-state index contributed by atoms with van der Waals surface area (Å²) < 4.78 is 5.26. The molecule has 1 aromatic rings. The van der Waals surface area contributed by atoms with Crippen LogP contribution in [0.5, 0.6) is 0 Å². The number of hydrogen-bond donors (Lipinski definition) is 1. The lowest BCUT2D eigenvalue weighted by Gasteiger charge is -2.19. The Bertz CT molecular complexity index is 405. The third kappa shape index (κ3) is 4.47. The molecule has 1 aromatic carbocycles. The molecular weight excluding hydrogens is 214 g/mol. The van der Waals surface area contributed by atoms with Crippen molar-refractivity contribution < 1.29 is 9.53 Å². The number of rotatable bonds is 3. The first-order chi connectivity index (χ1) is 7.81. The summed E-state index contributed by atoms with van der Waals surface area (Å²) in [7, 11) is 0. The molecule has 0 aliphatic heterocycles. The van der Waals surface area contributed by atoms with E-state index in [0.29, 0.717) is 0 Å². The number of ether oxygens (including phenoxy) is 1. The zero-order valence-electron chi connectivity index (χ0n) is 11.0. The van der Waals surface area contributed by atoms with Gasteiger partial charge in [0.1, 0.15) is 5.60 Å². The van der Waals surface area contributed by atoms with Crippen molar-refractivity contribution in [3.05, 3.63) is 29.3 Å². The number of hydrogen-bond acceptors (Lipinski definition) is 3. The molecule has 0 aliphatic carbocycles. The van der Waals surface area contributed by atoms with E-state index in [0.717, 1.165) is 23.2 Å². The Hall–Kier alpha value is -1.51. The van der Waals surface area contributed by atoms with Crippen molar-refractivity contribution in [2.45, 2.75) is 46.1 Å². The van der Waals surface area contributed by atoms with Gasteiger partial charge in [0.05, 0.1) is 6.42 Å². The number of anilines is 1. The lowest BCUT2D eigenvalue weighted by molar-refractivity contribution is -0.153. The van der Waals surface area contributed by atoms with Gasteiger partial charge in [-0.05, 0) is 44.4 Å². The number of nitrogens with two attached hydrogens (primary N) is 1. The van der Waals surface area contributed by atoms with E-state index >= 15 is 0 Å². The molecule has 0 radical (unpaired) electrons. The average molecular weight is 235 g/mol. The number of benzene rings is 1. The van der Waals surface area contributed by atoms with E-state index in [1.807, 2.05) is 39.0 Å². The van der Waals surface area contributed by atoms with Gasteiger partial charge < -0.3 is 10.5 Å². The minimum atomic E-state index is -0.439. The molecule has 0 heterocycles. The summed E-state index contributed by atoms with van der Waals surface area (Å²) in [5.41, 5.74) is 8.19. The maximum atomic E-state index is 11.6. The molecule has 17 heavy (non-hydrogen) atoms. The van der Waals surface area contributed by atoms with Crippen LogP contribution >= 0.6 is 0 Å². The molecule has 3 heteroatoms. The van der Waals surface area contributed by atoms with Crippen LogP contribution in [-0.2, 0) is 22.4 Å². The molecule has 0 atom stereocenters. The Morgan fingerprint density at radius 1 is 1.35 bits per heavy atom. The number of aryl methyl sites for hydroxylation is 1. The number of nitrogen functional groups attached to an aromatic ring is 1. The second-order valence-electron chi connectivity index (χ2n) is 5.15. The topological polar surface area (TPSA) is 52.3 Å². The quantitative estimate of drug-likeness (QED) is 0.647. The Balaban J connectivity index is 2.69. The predicted molar refractivity (Wildman–Crippen MR) is 69.8 cm³/mol. The minimum absolute atomic E-state index is 0.221. The van der Waals surface area contributed by atoms with Crippen molar-refractivity contribution in [2.75, 3.05) is 5.73 Å². The molecule has 0 unspecified atom stereocenters. The largest absolute Gasteiger partial charge is 0.460 e. The zero-order chi connectivity index (χ0) is 13.1. The number of carbonyl (C=O) groups excluding carboxylic acids is 1. The maximum absolute atomic E-state index is 11.6. The summed E-state index contributed by atoms with van der Waals surface area (Å²) in [5.74, 6) is -0.221. The molecule has 0 aromatic heterocycles. The van der Waals surface area contributed by atoms with Crippen molar-refractivity contribution in [2.24, 2.45) is 0 Å². The SMILES string of the molecule is CCc1ccc(CC(=O)OC(C)(C)C)cc1N. The summed E-state index contributed by atoms with van der Waals surface area (Å²) in [4.78, 5) is 11.6. The van der Waals surface area contributed by atoms with Crippen LogP contribution in [0.3, 0.4) is 0 Å². The maximum Gasteiger partial charge on any atom is 0.310 e. The Morgan fingerprint density at radius 2 is 2.00 bits per heavy atom. The summed E-state index contributed by atoms with van der Waals surface area (Å²) in [6.07, 6.45) is 1.17. The van der Waals surface area contributed by atoms with Crippen LogP contribution in [-0.4, -0.2) is 11.6 Å². The van der Waals surface area contributed by atoms with Crippen LogP contribution < -0.4 is 5.73 Å². The van der Waals surface area contributed by atoms with Crippen LogP contribution in [0.2, 0.25) is 0 Å². The summed E-state index contributed by atoms with van der Waals surface area (Å²) in [5, 5.41) is 0. The molecule has 94 valence electrons. The molecule has 0 amide bonds. The van der Waals surface area contributed by atoms with Gasteiger partial charge in [0.15, 0.2) is 0 Å². The first kappa shape index (κ1) is 13.6. The standard InChI is InChI=1S/C14H21NO2/c1-5-11-7-6-10(8-12(11)15)9-13(16)17-14(2,3)4/h6-8H,5,9,15H2,1-4H3. The van der Waals surface area contributed by atoms with E-state index in [-0.39, 0.29) is 12.4 Å². The smallest absolute Gasteiger partial charge is 0.310 e. The fraction of sp³-hybridized carbons (Fsp3) is 0.500. The van der Waals surface area contributed by atoms with Crippen LogP contribution in [0.25, 0.3) is 0 Å². The van der Waals surface area contributed by atoms with Crippen LogP contribution in [0, 0.1) is 0 Å². The highest BCUT2D eigenvalue weighted by Gasteiger charge is 2.16. The summed E-state index contributed by atoms with van der Waals surface area (Å²) >= 11 is 0. The van der Waals surface area contributed by atoms with E-state index in [1.54, 1.807) is 0 Å². The zero-order valence-corrected chi connectivity index (χ0v) is 11.0. The minimum Gasteiger partial charge on any atom is -0.460 e. The molecule has 0 saturated heterocycles. The van der Waals surface area contributed by atoms with Gasteiger partial charge >= 0.3 is 5.97 Å². The molecule has 1 rings (SSSR count). The molecule has 0 saturated carbocycles. The third-order valence-electron chi connectivity index (χ3n) is 2.36. The van der Waals surface area contributed by atoms with Crippen molar-refractivity contribution in [1.82, 2.24) is 0 Å². The van der Waals surface area contributed by atoms with Gasteiger partial charge in [0.2, 0.25) is 0 Å². The molecule has 0 aliphatic rings. The van der Waals surface area contributed by atoms with Gasteiger partial charge in [0.25, 0.3) is 0 Å². The van der Waals surface area contributed by atoms with Gasteiger partial charge in [-0.2, -0.15) is 0 Å². The van der Waals surface area contributed by atoms with Crippen molar-refractivity contribution in [1.29, 1.82) is 0 Å². The van der Waals surface area contributed by atoms with Crippen molar-refractivity contribution in [3.8, 4) is 0 Å². The Kier molecular flexibility index (Phi) is 4.16. The predicted octanol–water partition coefficient (Wildman–Crippen LogP) is 2.72. The first-order valence-corrected chi connectivity index (χ1v) is 5.91. The second kappa shape index (κ2) is 5.21. The molecule has 0 fully saturated rings. The highest BCUT2D eigenvalue weighted by molar-refractivity contribution is 5.73. The monoisotopic (exact) mass is 235 g/mol. The highest BCUT2D eigenvalue weighted by Crippen LogP contribution is 2.16. The van der Waals surface area contributed by atoms with Crippen molar-refractivity contribution >= 4 is 11.7 Å². The van der Waals surface area contributed by atoms with Gasteiger partial charge in [-0.3, -0.25) is 4.79 Å². The highest BCUT2D eigenvalue weighted by atomic mass is 16.6. The number of carbonyl (C=O) groups is 1. The third-order valence-corrected chi connectivity index (χ3v) is 2.36. The van der Waals surface area contributed by atoms with Crippen LogP contribution in [0.4, 0.5) is 5.69 Å². The number of esters is 1. The van der Waals surface area contributed by atoms with E-state index < -0.39 is 5.60 Å². The fourth-order valence-electron chi connectivity index (χ4n) is 1.62. The summed E-state index contributed by atoms with van der Waals surface area (Å²) in [6, 6.07) is 5.75. The van der Waals surface area contributed by atoms with Gasteiger partial charge in [-0.1, -0.05) is 19.1 Å². The van der Waals surface area contributed by atoms with Crippen LogP contribution in [0.15, 0.2) is 18.2 Å². The van der Waals surface area contributed by atoms with Gasteiger partial charge in [0, 0.05) is 5.69 Å².